The molecule has 0 unspecified atom stereocenters. The fourth-order valence-corrected chi connectivity index (χ4v) is 2.91. The first-order valence-corrected chi connectivity index (χ1v) is 8.45. The number of nitrogens with zero attached hydrogens (tertiary/aromatic N) is 2. The van der Waals surface area contributed by atoms with E-state index < -0.39 is 28.5 Å². The summed E-state index contributed by atoms with van der Waals surface area (Å²) in [4.78, 5) is 36.1. The summed E-state index contributed by atoms with van der Waals surface area (Å²) in [5.41, 5.74) is 0.457. The molecule has 8 heteroatoms. The highest BCUT2D eigenvalue weighted by molar-refractivity contribution is 6.23. The number of amides is 2. The van der Waals surface area contributed by atoms with Crippen LogP contribution in [0.25, 0.3) is 0 Å². The lowest BCUT2D eigenvalue weighted by Crippen LogP contribution is -2.39. The molecule has 0 radical (unpaired) electrons. The van der Waals surface area contributed by atoms with Gasteiger partial charge in [-0.25, -0.2) is 0 Å². The van der Waals surface area contributed by atoms with Crippen LogP contribution in [0.5, 0.6) is 5.75 Å². The first-order valence-electron chi connectivity index (χ1n) is 8.45. The molecule has 0 saturated carbocycles. The molecule has 1 aliphatic heterocycles. The number of rotatable bonds is 7. The van der Waals surface area contributed by atoms with E-state index in [0.717, 1.165) is 16.9 Å². The Kier molecular flexibility index (Phi) is 5.18. The summed E-state index contributed by atoms with van der Waals surface area (Å²) < 4.78 is 5.48. The lowest BCUT2D eigenvalue weighted by molar-refractivity contribution is -0.385. The third kappa shape index (κ3) is 3.65. The van der Waals surface area contributed by atoms with Crippen LogP contribution in [0.4, 0.5) is 5.69 Å². The van der Waals surface area contributed by atoms with Gasteiger partial charge in [-0.15, -0.1) is 0 Å². The second kappa shape index (κ2) is 7.55. The molecule has 1 heterocycles. The molecule has 1 aliphatic rings. The Morgan fingerprint density at radius 2 is 1.85 bits per heavy atom. The third-order valence-electron chi connectivity index (χ3n) is 4.34. The summed E-state index contributed by atoms with van der Waals surface area (Å²) in [6, 6.07) is 11.3. The maximum Gasteiger partial charge on any atom is 0.282 e. The van der Waals surface area contributed by atoms with Crippen LogP contribution in [-0.4, -0.2) is 46.0 Å². The van der Waals surface area contributed by atoms with Gasteiger partial charge >= 0.3 is 0 Å². The molecule has 0 aliphatic carbocycles. The zero-order chi connectivity index (χ0) is 19.6. The van der Waals surface area contributed by atoms with Crippen LogP contribution in [0, 0.1) is 10.1 Å². The van der Waals surface area contributed by atoms with Crippen LogP contribution in [-0.2, 0) is 6.42 Å². The number of aliphatic hydroxyl groups is 1. The van der Waals surface area contributed by atoms with E-state index in [9.17, 15) is 24.8 Å². The fraction of sp³-hybridized carbons (Fsp3) is 0.263. The van der Waals surface area contributed by atoms with Gasteiger partial charge in [0.1, 0.15) is 24.0 Å². The Hall–Kier alpha value is -3.26. The van der Waals surface area contributed by atoms with Gasteiger partial charge in [0, 0.05) is 6.07 Å². The van der Waals surface area contributed by atoms with Crippen LogP contribution in [0.1, 0.15) is 33.2 Å². The highest BCUT2D eigenvalue weighted by Crippen LogP contribution is 2.30. The molecule has 0 saturated heterocycles. The van der Waals surface area contributed by atoms with Gasteiger partial charge < -0.3 is 9.84 Å². The number of β-amino-alcohol motifs (C(OH)–C–C–N with tert-alkyl or cyclic N) is 1. The van der Waals surface area contributed by atoms with Crippen LogP contribution in [0.2, 0.25) is 0 Å². The molecule has 2 aromatic carbocycles. The SMILES string of the molecule is CCc1ccc(OC[C@H](O)CN2C(=O)c3cccc([N+](=O)[O-])c3C2=O)cc1. The summed E-state index contributed by atoms with van der Waals surface area (Å²) in [6.45, 7) is 1.60. The molecule has 27 heavy (non-hydrogen) atoms. The maximum absolute atomic E-state index is 12.5. The summed E-state index contributed by atoms with van der Waals surface area (Å²) in [7, 11) is 0. The summed E-state index contributed by atoms with van der Waals surface area (Å²) in [5, 5.41) is 21.3. The van der Waals surface area contributed by atoms with Gasteiger partial charge in [-0.2, -0.15) is 0 Å². The average Bonchev–Trinajstić information content (AvgIpc) is 2.91. The smallest absolute Gasteiger partial charge is 0.282 e. The molecule has 1 N–H and O–H groups in total. The topological polar surface area (TPSA) is 110 Å². The Labute approximate surface area is 155 Å². The van der Waals surface area contributed by atoms with E-state index in [-0.39, 0.29) is 24.3 Å². The molecule has 2 amide bonds. The van der Waals surface area contributed by atoms with Crippen molar-refractivity contribution in [1.82, 2.24) is 4.90 Å². The summed E-state index contributed by atoms with van der Waals surface area (Å²) >= 11 is 0. The number of nitro benzene ring substituents is 1. The molecule has 0 fully saturated rings. The lowest BCUT2D eigenvalue weighted by Gasteiger charge is -2.18. The molecule has 1 atom stereocenters. The quantitative estimate of drug-likeness (QED) is 0.454. The number of ether oxygens (including phenoxy) is 1. The fourth-order valence-electron chi connectivity index (χ4n) is 2.91. The minimum Gasteiger partial charge on any atom is -0.491 e. The van der Waals surface area contributed by atoms with E-state index in [0.29, 0.717) is 5.75 Å². The van der Waals surface area contributed by atoms with Crippen molar-refractivity contribution >= 4 is 17.5 Å². The van der Waals surface area contributed by atoms with Crippen molar-refractivity contribution in [3.8, 4) is 5.75 Å². The number of benzene rings is 2. The molecule has 0 spiro atoms. The normalized spacial score (nSPS) is 14.2. The molecular weight excluding hydrogens is 352 g/mol. The minimum atomic E-state index is -1.13. The number of aliphatic hydroxyl groups excluding tert-OH is 1. The van der Waals surface area contributed by atoms with Gasteiger partial charge in [0.2, 0.25) is 0 Å². The highest BCUT2D eigenvalue weighted by Gasteiger charge is 2.41. The van der Waals surface area contributed by atoms with Gasteiger partial charge in [-0.1, -0.05) is 25.1 Å². The molecule has 140 valence electrons. The van der Waals surface area contributed by atoms with E-state index in [4.69, 9.17) is 4.74 Å². The van der Waals surface area contributed by atoms with Crippen molar-refractivity contribution in [2.75, 3.05) is 13.2 Å². The van der Waals surface area contributed by atoms with Crippen LogP contribution in [0.3, 0.4) is 0 Å². The van der Waals surface area contributed by atoms with E-state index in [1.807, 2.05) is 19.1 Å². The predicted molar refractivity (Wildman–Crippen MR) is 95.8 cm³/mol. The first-order chi connectivity index (χ1) is 12.9. The van der Waals surface area contributed by atoms with Crippen molar-refractivity contribution in [2.24, 2.45) is 0 Å². The number of imide groups is 1. The Morgan fingerprint density at radius 3 is 2.48 bits per heavy atom. The number of aryl methyl sites for hydroxylation is 1. The van der Waals surface area contributed by atoms with E-state index in [1.165, 1.54) is 18.2 Å². The Morgan fingerprint density at radius 1 is 1.15 bits per heavy atom. The molecule has 8 nitrogen and oxygen atoms in total. The number of carbonyl (C=O) groups is 2. The standard InChI is InChI=1S/C19H18N2O6/c1-2-12-6-8-14(9-7-12)27-11-13(22)10-20-18(23)15-4-3-5-16(21(25)26)17(15)19(20)24/h3-9,13,22H,2,10-11H2,1H3/t13-/m1/s1. The van der Waals surface area contributed by atoms with Crippen molar-refractivity contribution < 1.29 is 24.4 Å². The number of hydrogen-bond acceptors (Lipinski definition) is 6. The average molecular weight is 370 g/mol. The Bertz CT molecular complexity index is 894. The van der Waals surface area contributed by atoms with E-state index in [2.05, 4.69) is 0 Å². The van der Waals surface area contributed by atoms with Crippen molar-refractivity contribution in [1.29, 1.82) is 0 Å². The molecular formula is C19H18N2O6. The first kappa shape index (κ1) is 18.5. The third-order valence-corrected chi connectivity index (χ3v) is 4.34. The van der Waals surface area contributed by atoms with Crippen molar-refractivity contribution in [2.45, 2.75) is 19.4 Å². The largest absolute Gasteiger partial charge is 0.491 e. The zero-order valence-corrected chi connectivity index (χ0v) is 14.6. The summed E-state index contributed by atoms with van der Waals surface area (Å²) in [5.74, 6) is -0.886. The molecule has 0 aromatic heterocycles. The van der Waals surface area contributed by atoms with Gasteiger partial charge in [-0.3, -0.25) is 24.6 Å². The van der Waals surface area contributed by atoms with Gasteiger partial charge in [-0.05, 0) is 30.2 Å². The number of carbonyl (C=O) groups excluding carboxylic acids is 2. The molecule has 2 aromatic rings. The van der Waals surface area contributed by atoms with Crippen LogP contribution >= 0.6 is 0 Å². The van der Waals surface area contributed by atoms with E-state index >= 15 is 0 Å². The van der Waals surface area contributed by atoms with Gasteiger partial charge in [0.05, 0.1) is 17.0 Å². The lowest BCUT2D eigenvalue weighted by atomic mass is 10.1. The minimum absolute atomic E-state index is 0.0301. The summed E-state index contributed by atoms with van der Waals surface area (Å²) in [6.07, 6.45) is -0.230. The van der Waals surface area contributed by atoms with Gasteiger partial charge in [0.25, 0.3) is 17.5 Å². The zero-order valence-electron chi connectivity index (χ0n) is 14.6. The molecule has 3 rings (SSSR count). The highest BCUT2D eigenvalue weighted by atomic mass is 16.6. The van der Waals surface area contributed by atoms with Crippen molar-refractivity contribution in [3.05, 3.63) is 69.3 Å². The monoisotopic (exact) mass is 370 g/mol. The van der Waals surface area contributed by atoms with Crippen molar-refractivity contribution in [3.63, 3.8) is 0 Å². The Balaban J connectivity index is 1.67. The van der Waals surface area contributed by atoms with Crippen LogP contribution in [0.15, 0.2) is 42.5 Å². The van der Waals surface area contributed by atoms with E-state index in [1.54, 1.807) is 12.1 Å². The number of nitro groups is 1. The number of fused-ring (bicyclic) bond motifs is 1. The number of hydrogen-bond donors (Lipinski definition) is 1. The second-order valence-electron chi connectivity index (χ2n) is 6.14. The van der Waals surface area contributed by atoms with Crippen LogP contribution < -0.4 is 4.74 Å². The molecule has 0 bridgehead atoms. The predicted octanol–water partition coefficient (Wildman–Crippen LogP) is 2.19. The maximum atomic E-state index is 12.5. The second-order valence-corrected chi connectivity index (χ2v) is 6.14. The van der Waals surface area contributed by atoms with Gasteiger partial charge in [0.15, 0.2) is 0 Å².